The number of hydrogen-bond acceptors (Lipinski definition) is 7. The van der Waals surface area contributed by atoms with E-state index in [1.165, 1.54) is 6.20 Å². The van der Waals surface area contributed by atoms with E-state index in [1.807, 2.05) is 24.3 Å². The van der Waals surface area contributed by atoms with E-state index in [-0.39, 0.29) is 5.56 Å². The van der Waals surface area contributed by atoms with Crippen molar-refractivity contribution in [2.45, 2.75) is 0 Å². The van der Waals surface area contributed by atoms with Crippen molar-refractivity contribution >= 4 is 28.5 Å². The molecule has 3 aromatic rings. The number of carbonyl (C=O) groups is 1. The Hall–Kier alpha value is -3.43. The average molecular weight is 435 g/mol. The van der Waals surface area contributed by atoms with E-state index < -0.39 is 11.4 Å². The van der Waals surface area contributed by atoms with Gasteiger partial charge in [-0.3, -0.25) is 4.79 Å². The zero-order chi connectivity index (χ0) is 22.1. The van der Waals surface area contributed by atoms with Crippen LogP contribution in [0.3, 0.4) is 0 Å². The minimum absolute atomic E-state index is 0.272. The zero-order valence-electron chi connectivity index (χ0n) is 17.7. The molecule has 2 N–H and O–H groups in total. The predicted molar refractivity (Wildman–Crippen MR) is 122 cm³/mol. The second-order valence-corrected chi connectivity index (χ2v) is 7.94. The number of aromatic nitrogens is 2. The minimum atomic E-state index is -1.25. The van der Waals surface area contributed by atoms with Crippen LogP contribution in [0.4, 0.5) is 11.5 Å². The fourth-order valence-corrected chi connectivity index (χ4v) is 4.27. The molecule has 1 aromatic carbocycles. The molecule has 0 saturated carbocycles. The second-order valence-electron chi connectivity index (χ2n) is 7.94. The van der Waals surface area contributed by atoms with Crippen LogP contribution in [0.25, 0.3) is 16.7 Å². The number of hydrogen-bond donors (Lipinski definition) is 2. The largest absolute Gasteiger partial charge is 0.477 e. The van der Waals surface area contributed by atoms with E-state index in [2.05, 4.69) is 15.1 Å². The Labute approximate surface area is 184 Å². The first-order chi connectivity index (χ1) is 15.6. The number of nitrogens with zero attached hydrogens (tertiary/aromatic N) is 4. The van der Waals surface area contributed by atoms with Gasteiger partial charge in [0.1, 0.15) is 11.4 Å². The van der Waals surface area contributed by atoms with Gasteiger partial charge >= 0.3 is 5.97 Å². The number of rotatable bonds is 4. The van der Waals surface area contributed by atoms with Crippen molar-refractivity contribution in [3.8, 4) is 5.69 Å². The topological polar surface area (TPSA) is 99.9 Å². The molecule has 9 heteroatoms. The molecular weight excluding hydrogens is 410 g/mol. The highest BCUT2D eigenvalue weighted by atomic mass is 16.5. The van der Waals surface area contributed by atoms with Gasteiger partial charge in [0.2, 0.25) is 5.43 Å². The molecule has 0 radical (unpaired) electrons. The highest BCUT2D eigenvalue weighted by Gasteiger charge is 2.20. The average Bonchev–Trinajstić information content (AvgIpc) is 2.85. The molecule has 0 spiro atoms. The number of nitrogens with one attached hydrogen (secondary N) is 1. The van der Waals surface area contributed by atoms with E-state index in [0.29, 0.717) is 24.2 Å². The van der Waals surface area contributed by atoms with Crippen molar-refractivity contribution in [2.24, 2.45) is 0 Å². The molecule has 0 unspecified atom stereocenters. The Kier molecular flexibility index (Phi) is 5.50. The quantitative estimate of drug-likeness (QED) is 0.633. The summed E-state index contributed by atoms with van der Waals surface area (Å²) in [6.07, 6.45) is 1.39. The maximum absolute atomic E-state index is 12.9. The van der Waals surface area contributed by atoms with Gasteiger partial charge in [0.15, 0.2) is 5.65 Å². The van der Waals surface area contributed by atoms with Crippen LogP contribution in [0.2, 0.25) is 0 Å². The first-order valence-electron chi connectivity index (χ1n) is 10.8. The molecule has 2 fully saturated rings. The summed E-state index contributed by atoms with van der Waals surface area (Å²) in [6, 6.07) is 11.4. The number of aromatic carboxylic acids is 1. The number of piperazine rings is 1. The van der Waals surface area contributed by atoms with E-state index in [4.69, 9.17) is 9.72 Å². The summed E-state index contributed by atoms with van der Waals surface area (Å²) in [5.74, 6) is -0.472. The SMILES string of the molecule is O=C(O)c1cn(-c2cccc(N3CCOCC3)c2)c2nc(N3CCNCC3)ccc2c1=O. The lowest BCUT2D eigenvalue weighted by molar-refractivity contribution is 0.0695. The van der Waals surface area contributed by atoms with Gasteiger partial charge in [-0.1, -0.05) is 6.07 Å². The van der Waals surface area contributed by atoms with Gasteiger partial charge in [-0.05, 0) is 30.3 Å². The van der Waals surface area contributed by atoms with Crippen LogP contribution in [0.1, 0.15) is 10.4 Å². The number of carboxylic acid groups (broad SMARTS) is 1. The third kappa shape index (κ3) is 3.80. The van der Waals surface area contributed by atoms with Crippen molar-refractivity contribution < 1.29 is 14.6 Å². The number of benzene rings is 1. The lowest BCUT2D eigenvalue weighted by atomic mass is 10.1. The lowest BCUT2D eigenvalue weighted by Gasteiger charge is -2.29. The maximum atomic E-state index is 12.9. The number of pyridine rings is 2. The standard InChI is InChI=1S/C23H25N5O4/c29-21-18-4-5-20(27-8-6-24-7-9-27)25-22(18)28(15-19(21)23(30)31)17-3-1-2-16(14-17)26-10-12-32-13-11-26/h1-5,14-15,24H,6-13H2,(H,30,31). The highest BCUT2D eigenvalue weighted by Crippen LogP contribution is 2.24. The Morgan fingerprint density at radius 3 is 2.50 bits per heavy atom. The molecule has 2 aliphatic heterocycles. The highest BCUT2D eigenvalue weighted by molar-refractivity contribution is 5.92. The van der Waals surface area contributed by atoms with E-state index in [9.17, 15) is 14.7 Å². The fraction of sp³-hybridized carbons (Fsp3) is 0.348. The Balaban J connectivity index is 1.67. The Morgan fingerprint density at radius 1 is 1.00 bits per heavy atom. The number of morpholine rings is 1. The fourth-order valence-electron chi connectivity index (χ4n) is 4.27. The van der Waals surface area contributed by atoms with Crippen LogP contribution < -0.4 is 20.5 Å². The summed E-state index contributed by atoms with van der Waals surface area (Å²) in [4.78, 5) is 33.9. The number of anilines is 2. The molecule has 2 aromatic heterocycles. The molecule has 2 aliphatic rings. The van der Waals surface area contributed by atoms with Crippen molar-refractivity contribution in [3.05, 3.63) is 58.4 Å². The molecule has 0 atom stereocenters. The molecule has 0 aliphatic carbocycles. The summed E-state index contributed by atoms with van der Waals surface area (Å²) >= 11 is 0. The van der Waals surface area contributed by atoms with E-state index >= 15 is 0 Å². The van der Waals surface area contributed by atoms with Crippen LogP contribution in [-0.2, 0) is 4.74 Å². The zero-order valence-corrected chi connectivity index (χ0v) is 17.7. The van der Waals surface area contributed by atoms with E-state index in [0.717, 1.165) is 56.5 Å². The Morgan fingerprint density at radius 2 is 1.75 bits per heavy atom. The summed E-state index contributed by atoms with van der Waals surface area (Å²) in [7, 11) is 0. The molecule has 5 rings (SSSR count). The second kappa shape index (κ2) is 8.60. The lowest BCUT2D eigenvalue weighted by Crippen LogP contribution is -2.43. The molecular formula is C23H25N5O4. The van der Waals surface area contributed by atoms with E-state index in [1.54, 1.807) is 16.7 Å². The van der Waals surface area contributed by atoms with Crippen molar-refractivity contribution in [3.63, 3.8) is 0 Å². The molecule has 32 heavy (non-hydrogen) atoms. The van der Waals surface area contributed by atoms with Gasteiger partial charge in [-0.25, -0.2) is 9.78 Å². The van der Waals surface area contributed by atoms with Crippen molar-refractivity contribution in [1.82, 2.24) is 14.9 Å². The molecule has 0 amide bonds. The van der Waals surface area contributed by atoms with Gasteiger partial charge in [-0.15, -0.1) is 0 Å². The van der Waals surface area contributed by atoms with Crippen LogP contribution >= 0.6 is 0 Å². The normalized spacial score (nSPS) is 17.0. The monoisotopic (exact) mass is 435 g/mol. The summed E-state index contributed by atoms with van der Waals surface area (Å²) in [5, 5.41) is 13.3. The first kappa shape index (κ1) is 20.5. The van der Waals surface area contributed by atoms with Gasteiger partial charge in [0.05, 0.1) is 18.6 Å². The number of carboxylic acids is 1. The van der Waals surface area contributed by atoms with Gasteiger partial charge in [0, 0.05) is 56.8 Å². The minimum Gasteiger partial charge on any atom is -0.477 e. The van der Waals surface area contributed by atoms with Crippen LogP contribution in [-0.4, -0.2) is 73.1 Å². The number of fused-ring (bicyclic) bond motifs is 1. The van der Waals surface area contributed by atoms with Gasteiger partial charge < -0.3 is 29.5 Å². The third-order valence-corrected chi connectivity index (χ3v) is 5.99. The summed E-state index contributed by atoms with van der Waals surface area (Å²) in [5.41, 5.74) is 1.44. The summed E-state index contributed by atoms with van der Waals surface area (Å²) < 4.78 is 7.17. The smallest absolute Gasteiger partial charge is 0.341 e. The maximum Gasteiger partial charge on any atom is 0.341 e. The molecule has 166 valence electrons. The Bertz CT molecular complexity index is 1210. The molecule has 9 nitrogen and oxygen atoms in total. The van der Waals surface area contributed by atoms with Crippen LogP contribution in [0, 0.1) is 0 Å². The molecule has 0 bridgehead atoms. The van der Waals surface area contributed by atoms with Crippen LogP contribution in [0.15, 0.2) is 47.4 Å². The van der Waals surface area contributed by atoms with Gasteiger partial charge in [-0.2, -0.15) is 0 Å². The molecule has 4 heterocycles. The summed E-state index contributed by atoms with van der Waals surface area (Å²) in [6.45, 7) is 6.30. The number of ether oxygens (including phenoxy) is 1. The van der Waals surface area contributed by atoms with Crippen molar-refractivity contribution in [1.29, 1.82) is 0 Å². The molecule has 2 saturated heterocycles. The van der Waals surface area contributed by atoms with Crippen molar-refractivity contribution in [2.75, 3.05) is 62.3 Å². The van der Waals surface area contributed by atoms with Crippen LogP contribution in [0.5, 0.6) is 0 Å². The first-order valence-corrected chi connectivity index (χ1v) is 10.8. The third-order valence-electron chi connectivity index (χ3n) is 5.99. The predicted octanol–water partition coefficient (Wildman–Crippen LogP) is 1.33. The van der Waals surface area contributed by atoms with Gasteiger partial charge in [0.25, 0.3) is 0 Å².